The Morgan fingerprint density at radius 3 is 2.04 bits per heavy atom. The van der Waals surface area contributed by atoms with Crippen molar-refractivity contribution in [2.24, 2.45) is 0 Å². The van der Waals surface area contributed by atoms with Crippen LogP contribution in [-0.2, 0) is 4.79 Å². The second-order valence-electron chi connectivity index (χ2n) is 6.88. The standard InChI is InChI=1S/C24H26O3/c1-2-3-15-27-23-13-9-19(10-14-23)17-21-6-4-5-20(24(21)26)16-18-7-11-22(25)12-8-18/h7-14,16-17,25H,2-6,15H2,1H3/b20-16+,21-17+. The van der Waals surface area contributed by atoms with Crippen LogP contribution in [-0.4, -0.2) is 17.5 Å². The molecule has 3 nitrogen and oxygen atoms in total. The highest BCUT2D eigenvalue weighted by Crippen LogP contribution is 2.28. The van der Waals surface area contributed by atoms with Gasteiger partial charge in [-0.15, -0.1) is 0 Å². The zero-order chi connectivity index (χ0) is 19.1. The Kier molecular flexibility index (Phi) is 6.48. The number of carbonyl (C=O) groups excluding carboxylic acids is 1. The molecule has 1 aliphatic carbocycles. The molecule has 3 rings (SSSR count). The van der Waals surface area contributed by atoms with Gasteiger partial charge in [-0.1, -0.05) is 37.6 Å². The molecule has 0 aromatic heterocycles. The van der Waals surface area contributed by atoms with E-state index in [9.17, 15) is 9.90 Å². The lowest BCUT2D eigenvalue weighted by molar-refractivity contribution is -0.112. The SMILES string of the molecule is CCCCOc1ccc(/C=C2\CCC/C(=C\c3ccc(O)cc3)C2=O)cc1. The number of hydrogen-bond acceptors (Lipinski definition) is 3. The molecular weight excluding hydrogens is 336 g/mol. The van der Waals surface area contributed by atoms with Crippen LogP contribution in [0.5, 0.6) is 11.5 Å². The van der Waals surface area contributed by atoms with Crippen molar-refractivity contribution >= 4 is 17.9 Å². The molecule has 1 saturated carbocycles. The van der Waals surface area contributed by atoms with Crippen LogP contribution in [0, 0.1) is 0 Å². The first kappa shape index (κ1) is 19.0. The summed E-state index contributed by atoms with van der Waals surface area (Å²) in [5.74, 6) is 1.22. The van der Waals surface area contributed by atoms with E-state index in [1.807, 2.05) is 48.6 Å². The van der Waals surface area contributed by atoms with Gasteiger partial charge in [0.15, 0.2) is 5.78 Å². The molecule has 2 aromatic carbocycles. The minimum absolute atomic E-state index is 0.123. The van der Waals surface area contributed by atoms with E-state index in [2.05, 4.69) is 6.92 Å². The molecule has 1 aliphatic rings. The lowest BCUT2D eigenvalue weighted by Gasteiger charge is -2.16. The number of ketones is 1. The second-order valence-corrected chi connectivity index (χ2v) is 6.88. The van der Waals surface area contributed by atoms with E-state index >= 15 is 0 Å². The number of carbonyl (C=O) groups is 1. The topological polar surface area (TPSA) is 46.5 Å². The van der Waals surface area contributed by atoms with Gasteiger partial charge in [0.05, 0.1) is 6.61 Å². The van der Waals surface area contributed by atoms with Crippen molar-refractivity contribution in [3.63, 3.8) is 0 Å². The summed E-state index contributed by atoms with van der Waals surface area (Å²) in [6.07, 6.45) is 8.66. The number of allylic oxidation sites excluding steroid dienone is 2. The number of unbranched alkanes of at least 4 members (excludes halogenated alkanes) is 1. The van der Waals surface area contributed by atoms with Gasteiger partial charge in [-0.3, -0.25) is 4.79 Å². The normalized spacial score (nSPS) is 17.4. The Balaban J connectivity index is 1.72. The molecule has 0 aliphatic heterocycles. The molecule has 0 heterocycles. The maximum absolute atomic E-state index is 12.8. The molecule has 0 spiro atoms. The Morgan fingerprint density at radius 1 is 0.926 bits per heavy atom. The van der Waals surface area contributed by atoms with E-state index in [0.29, 0.717) is 0 Å². The summed E-state index contributed by atoms with van der Waals surface area (Å²) in [5.41, 5.74) is 3.64. The van der Waals surface area contributed by atoms with E-state index in [0.717, 1.165) is 66.7 Å². The van der Waals surface area contributed by atoms with Crippen LogP contribution in [0.1, 0.15) is 50.2 Å². The number of rotatable bonds is 6. The first-order valence-electron chi connectivity index (χ1n) is 9.63. The van der Waals surface area contributed by atoms with Gasteiger partial charge in [0, 0.05) is 11.1 Å². The fourth-order valence-corrected chi connectivity index (χ4v) is 3.15. The average Bonchev–Trinajstić information content (AvgIpc) is 2.68. The van der Waals surface area contributed by atoms with Crippen LogP contribution in [0.15, 0.2) is 59.7 Å². The molecule has 1 fully saturated rings. The number of phenolic OH excluding ortho intramolecular Hbond substituents is 1. The number of Topliss-reactive ketones (excluding diaryl/α,β-unsaturated/α-hetero) is 1. The van der Waals surface area contributed by atoms with Crippen molar-refractivity contribution in [3.05, 3.63) is 70.8 Å². The molecule has 0 bridgehead atoms. The third-order valence-corrected chi connectivity index (χ3v) is 4.70. The van der Waals surface area contributed by atoms with Crippen molar-refractivity contribution in [1.82, 2.24) is 0 Å². The number of phenols is 1. The molecular formula is C24H26O3. The van der Waals surface area contributed by atoms with Gasteiger partial charge >= 0.3 is 0 Å². The van der Waals surface area contributed by atoms with Crippen molar-refractivity contribution < 1.29 is 14.6 Å². The van der Waals surface area contributed by atoms with E-state index in [1.54, 1.807) is 12.1 Å². The van der Waals surface area contributed by atoms with E-state index in [4.69, 9.17) is 4.74 Å². The van der Waals surface area contributed by atoms with Gasteiger partial charge in [0.25, 0.3) is 0 Å². The number of hydrogen-bond donors (Lipinski definition) is 1. The minimum atomic E-state index is 0.123. The third-order valence-electron chi connectivity index (χ3n) is 4.70. The predicted molar refractivity (Wildman–Crippen MR) is 110 cm³/mol. The second kappa shape index (κ2) is 9.22. The van der Waals surface area contributed by atoms with Crippen LogP contribution < -0.4 is 4.74 Å². The van der Waals surface area contributed by atoms with Gasteiger partial charge in [-0.2, -0.15) is 0 Å². The van der Waals surface area contributed by atoms with Crippen LogP contribution in [0.25, 0.3) is 12.2 Å². The molecule has 3 heteroatoms. The first-order chi connectivity index (χ1) is 13.2. The van der Waals surface area contributed by atoms with Crippen molar-refractivity contribution in [1.29, 1.82) is 0 Å². The molecule has 2 aromatic rings. The van der Waals surface area contributed by atoms with Crippen molar-refractivity contribution in [2.75, 3.05) is 6.61 Å². The quantitative estimate of drug-likeness (QED) is 0.522. The maximum atomic E-state index is 12.8. The summed E-state index contributed by atoms with van der Waals surface area (Å²) < 4.78 is 5.69. The molecule has 1 N–H and O–H groups in total. The zero-order valence-electron chi connectivity index (χ0n) is 15.8. The Labute approximate surface area is 161 Å². The highest BCUT2D eigenvalue weighted by molar-refractivity contribution is 6.13. The van der Waals surface area contributed by atoms with E-state index < -0.39 is 0 Å². The van der Waals surface area contributed by atoms with E-state index in [-0.39, 0.29) is 11.5 Å². The van der Waals surface area contributed by atoms with Gasteiger partial charge in [0.1, 0.15) is 11.5 Å². The van der Waals surface area contributed by atoms with Crippen LogP contribution >= 0.6 is 0 Å². The number of aromatic hydroxyl groups is 1. The number of benzene rings is 2. The Morgan fingerprint density at radius 2 is 1.48 bits per heavy atom. The monoisotopic (exact) mass is 362 g/mol. The molecule has 0 saturated heterocycles. The first-order valence-corrected chi connectivity index (χ1v) is 9.63. The highest BCUT2D eigenvalue weighted by Gasteiger charge is 2.20. The lowest BCUT2D eigenvalue weighted by atomic mass is 9.87. The average molecular weight is 362 g/mol. The predicted octanol–water partition coefficient (Wildman–Crippen LogP) is 5.79. The fraction of sp³-hybridized carbons (Fsp3) is 0.292. The lowest BCUT2D eigenvalue weighted by Crippen LogP contribution is -2.12. The molecule has 0 atom stereocenters. The molecule has 0 radical (unpaired) electrons. The minimum Gasteiger partial charge on any atom is -0.508 e. The fourth-order valence-electron chi connectivity index (χ4n) is 3.15. The summed E-state index contributed by atoms with van der Waals surface area (Å²) in [5, 5.41) is 9.39. The smallest absolute Gasteiger partial charge is 0.185 e. The Bertz CT molecular complexity index is 827. The summed E-state index contributed by atoms with van der Waals surface area (Å²) >= 11 is 0. The summed E-state index contributed by atoms with van der Waals surface area (Å²) in [7, 11) is 0. The van der Waals surface area contributed by atoms with Crippen molar-refractivity contribution in [3.8, 4) is 11.5 Å². The largest absolute Gasteiger partial charge is 0.508 e. The third kappa shape index (κ3) is 5.33. The molecule has 27 heavy (non-hydrogen) atoms. The van der Waals surface area contributed by atoms with Gasteiger partial charge in [0.2, 0.25) is 0 Å². The van der Waals surface area contributed by atoms with Crippen molar-refractivity contribution in [2.45, 2.75) is 39.0 Å². The van der Waals surface area contributed by atoms with Crippen LogP contribution in [0.3, 0.4) is 0 Å². The molecule has 140 valence electrons. The maximum Gasteiger partial charge on any atom is 0.185 e. The Hall–Kier alpha value is -2.81. The molecule has 0 unspecified atom stereocenters. The van der Waals surface area contributed by atoms with E-state index in [1.165, 1.54) is 0 Å². The van der Waals surface area contributed by atoms with Gasteiger partial charge in [-0.25, -0.2) is 0 Å². The summed E-state index contributed by atoms with van der Waals surface area (Å²) in [6, 6.07) is 14.8. The molecule has 0 amide bonds. The van der Waals surface area contributed by atoms with Crippen LogP contribution in [0.2, 0.25) is 0 Å². The summed E-state index contributed by atoms with van der Waals surface area (Å²) in [6.45, 7) is 2.88. The summed E-state index contributed by atoms with van der Waals surface area (Å²) in [4.78, 5) is 12.8. The highest BCUT2D eigenvalue weighted by atomic mass is 16.5. The van der Waals surface area contributed by atoms with Crippen LogP contribution in [0.4, 0.5) is 0 Å². The zero-order valence-corrected chi connectivity index (χ0v) is 15.8. The van der Waals surface area contributed by atoms with Gasteiger partial charge < -0.3 is 9.84 Å². The van der Waals surface area contributed by atoms with Gasteiger partial charge in [-0.05, 0) is 73.2 Å². The number of ether oxygens (including phenoxy) is 1.